The average Bonchev–Trinajstić information content (AvgIpc) is 3.05. The van der Waals surface area contributed by atoms with E-state index in [1.54, 1.807) is 0 Å². The molecule has 2 heterocycles. The number of halogens is 4. The third kappa shape index (κ3) is 3.73. The topological polar surface area (TPSA) is 18.5 Å². The molecule has 0 N–H and O–H groups in total. The third-order valence-electron chi connectivity index (χ3n) is 10.6. The van der Waals surface area contributed by atoms with Gasteiger partial charge < -0.3 is 9.47 Å². The van der Waals surface area contributed by atoms with Gasteiger partial charge in [-0.1, -0.05) is 58.5 Å². The first kappa shape index (κ1) is 30.0. The molecule has 0 radical (unpaired) electrons. The Balaban J connectivity index is 1.38. The van der Waals surface area contributed by atoms with Crippen molar-refractivity contribution in [1.82, 2.24) is 0 Å². The van der Waals surface area contributed by atoms with Crippen molar-refractivity contribution in [2.24, 2.45) is 0 Å². The lowest BCUT2D eigenvalue weighted by atomic mass is 9.85. The van der Waals surface area contributed by atoms with Crippen LogP contribution in [0.2, 0.25) is 20.1 Å². The van der Waals surface area contributed by atoms with Gasteiger partial charge in [0.25, 0.3) is 0 Å². The van der Waals surface area contributed by atoms with E-state index in [0.717, 1.165) is 111 Å². The van der Waals surface area contributed by atoms with Crippen molar-refractivity contribution >= 4 is 67.9 Å². The van der Waals surface area contributed by atoms with Crippen molar-refractivity contribution in [3.05, 3.63) is 101 Å². The lowest BCUT2D eigenvalue weighted by Crippen LogP contribution is -2.05. The van der Waals surface area contributed by atoms with E-state index in [0.29, 0.717) is 20.1 Å². The number of hydrogen-bond acceptors (Lipinski definition) is 2. The normalized spacial score (nSPS) is 12.7. The van der Waals surface area contributed by atoms with Gasteiger partial charge in [0.1, 0.15) is 23.0 Å². The zero-order chi connectivity index (χ0) is 32.7. The van der Waals surface area contributed by atoms with Crippen LogP contribution in [-0.2, 0) is 0 Å². The van der Waals surface area contributed by atoms with Crippen molar-refractivity contribution in [2.45, 2.75) is 55.4 Å². The highest BCUT2D eigenvalue weighted by molar-refractivity contribution is 6.44. The summed E-state index contributed by atoms with van der Waals surface area (Å²) in [5.74, 6) is 3.17. The highest BCUT2D eigenvalue weighted by Gasteiger charge is 2.32. The van der Waals surface area contributed by atoms with Crippen molar-refractivity contribution in [3.8, 4) is 56.4 Å². The molecule has 0 spiro atoms. The predicted octanol–water partition coefficient (Wildman–Crippen LogP) is 14.3. The highest BCUT2D eigenvalue weighted by Crippen LogP contribution is 2.58. The van der Waals surface area contributed by atoms with Gasteiger partial charge in [0, 0.05) is 43.8 Å². The van der Waals surface area contributed by atoms with Crippen LogP contribution >= 0.6 is 46.4 Å². The molecule has 0 atom stereocenters. The second kappa shape index (κ2) is 10.1. The van der Waals surface area contributed by atoms with Gasteiger partial charge in [-0.05, 0) is 135 Å². The van der Waals surface area contributed by atoms with Gasteiger partial charge in [0.2, 0.25) is 0 Å². The average molecular weight is 684 g/mol. The maximum atomic E-state index is 7.14. The fourth-order valence-corrected chi connectivity index (χ4v) is 8.75. The zero-order valence-corrected chi connectivity index (χ0v) is 29.8. The Bertz CT molecular complexity index is 2250. The van der Waals surface area contributed by atoms with Gasteiger partial charge in [0.05, 0.1) is 20.1 Å². The summed E-state index contributed by atoms with van der Waals surface area (Å²) >= 11 is 28.2. The van der Waals surface area contributed by atoms with Gasteiger partial charge in [-0.25, -0.2) is 0 Å². The van der Waals surface area contributed by atoms with E-state index in [1.165, 1.54) is 11.1 Å². The SMILES string of the molecule is Cc1c(C)c2c3c(c(Cl)c(C)c(Cl)c3c1C)-c1cc(-c3ccc4c(c3)-c3c(Cl)c(C)c(Cl)c5c(C)c(C)c(C)c(c35)O4)ccc1O2. The molecule has 0 bridgehead atoms. The molecule has 46 heavy (non-hydrogen) atoms. The first-order valence-corrected chi connectivity index (χ1v) is 16.8. The van der Waals surface area contributed by atoms with Crippen LogP contribution in [0.4, 0.5) is 0 Å². The second-order valence-electron chi connectivity index (χ2n) is 12.8. The number of fused-ring (bicyclic) bond motifs is 4. The minimum Gasteiger partial charge on any atom is -0.456 e. The van der Waals surface area contributed by atoms with Crippen LogP contribution in [0.3, 0.4) is 0 Å². The lowest BCUT2D eigenvalue weighted by molar-refractivity contribution is 0.482. The molecular formula is C40H30Cl4O2. The Morgan fingerprint density at radius 1 is 0.391 bits per heavy atom. The Morgan fingerprint density at radius 2 is 0.761 bits per heavy atom. The zero-order valence-electron chi connectivity index (χ0n) is 26.8. The van der Waals surface area contributed by atoms with Gasteiger partial charge in [-0.3, -0.25) is 0 Å². The molecule has 6 heteroatoms. The minimum absolute atomic E-state index is 0.644. The minimum atomic E-state index is 0.644. The molecule has 0 saturated carbocycles. The first-order chi connectivity index (χ1) is 21.8. The molecule has 2 aliphatic rings. The highest BCUT2D eigenvalue weighted by atomic mass is 35.5. The summed E-state index contributed by atoms with van der Waals surface area (Å²) in [5, 5.41) is 6.55. The van der Waals surface area contributed by atoms with Crippen LogP contribution in [0, 0.1) is 55.4 Å². The molecule has 0 aliphatic carbocycles. The monoisotopic (exact) mass is 682 g/mol. The fourth-order valence-electron chi connectivity index (χ4n) is 7.41. The third-order valence-corrected chi connectivity index (χ3v) is 12.5. The van der Waals surface area contributed by atoms with E-state index in [2.05, 4.69) is 65.8 Å². The van der Waals surface area contributed by atoms with Gasteiger partial charge in [0.15, 0.2) is 0 Å². The number of hydrogen-bond donors (Lipinski definition) is 0. The molecule has 0 unspecified atom stereocenters. The molecule has 0 saturated heterocycles. The molecule has 6 aromatic rings. The maximum Gasteiger partial charge on any atom is 0.139 e. The molecule has 0 aromatic heterocycles. The van der Waals surface area contributed by atoms with Crippen LogP contribution in [0.1, 0.15) is 44.5 Å². The van der Waals surface area contributed by atoms with E-state index in [4.69, 9.17) is 55.9 Å². The van der Waals surface area contributed by atoms with Gasteiger partial charge >= 0.3 is 0 Å². The summed E-state index contributed by atoms with van der Waals surface area (Å²) in [6.07, 6.45) is 0. The number of rotatable bonds is 1. The van der Waals surface area contributed by atoms with Crippen LogP contribution in [-0.4, -0.2) is 0 Å². The summed E-state index contributed by atoms with van der Waals surface area (Å²) in [4.78, 5) is 0. The first-order valence-electron chi connectivity index (χ1n) is 15.3. The molecular weight excluding hydrogens is 654 g/mol. The molecule has 6 aromatic carbocycles. The van der Waals surface area contributed by atoms with E-state index in [1.807, 2.05) is 26.0 Å². The summed E-state index contributed by atoms with van der Waals surface area (Å²) in [6.45, 7) is 16.6. The molecule has 8 rings (SSSR count). The largest absolute Gasteiger partial charge is 0.456 e. The molecule has 0 amide bonds. The summed E-state index contributed by atoms with van der Waals surface area (Å²) in [6, 6.07) is 12.6. The van der Waals surface area contributed by atoms with Crippen molar-refractivity contribution < 1.29 is 9.47 Å². The molecule has 0 fully saturated rings. The smallest absolute Gasteiger partial charge is 0.139 e. The van der Waals surface area contributed by atoms with E-state index in [9.17, 15) is 0 Å². The molecule has 2 nitrogen and oxygen atoms in total. The quantitative estimate of drug-likeness (QED) is 0.171. The maximum absolute atomic E-state index is 7.14. The van der Waals surface area contributed by atoms with E-state index >= 15 is 0 Å². The Morgan fingerprint density at radius 3 is 1.13 bits per heavy atom. The Hall–Kier alpha value is -3.40. The predicted molar refractivity (Wildman–Crippen MR) is 196 cm³/mol. The van der Waals surface area contributed by atoms with Crippen LogP contribution in [0.15, 0.2) is 36.4 Å². The summed E-state index contributed by atoms with van der Waals surface area (Å²) in [7, 11) is 0. The molecule has 2 aliphatic heterocycles. The van der Waals surface area contributed by atoms with Crippen LogP contribution < -0.4 is 9.47 Å². The summed E-state index contributed by atoms with van der Waals surface area (Å²) < 4.78 is 13.3. The fraction of sp³-hybridized carbons (Fsp3) is 0.200. The van der Waals surface area contributed by atoms with E-state index in [-0.39, 0.29) is 0 Å². The van der Waals surface area contributed by atoms with Crippen molar-refractivity contribution in [2.75, 3.05) is 0 Å². The Labute approximate surface area is 288 Å². The standard InChI is InChI=1S/C40H30Cl4O2/c1-15-17(3)29-33-31(37(43)21(7)35(29)41)25-13-23(9-11-27(25)45-39(33)19(15)5)24-10-12-28-26(14-24)32-34-30(36(42)22(8)38(32)44)18(4)16(2)20(6)40(34)46-28/h9-14H,1-8H3. The number of aryl methyl sites for hydroxylation is 2. The Kier molecular flexibility index (Phi) is 6.55. The van der Waals surface area contributed by atoms with Crippen LogP contribution in [0.25, 0.3) is 54.9 Å². The summed E-state index contributed by atoms with van der Waals surface area (Å²) in [5.41, 5.74) is 14.4. The number of ether oxygens (including phenoxy) is 2. The van der Waals surface area contributed by atoms with Crippen molar-refractivity contribution in [3.63, 3.8) is 0 Å². The second-order valence-corrected chi connectivity index (χ2v) is 14.3. The van der Waals surface area contributed by atoms with Gasteiger partial charge in [-0.15, -0.1) is 0 Å². The van der Waals surface area contributed by atoms with Gasteiger partial charge in [-0.2, -0.15) is 0 Å². The molecule has 230 valence electrons. The lowest BCUT2D eigenvalue weighted by Gasteiger charge is -2.29. The van der Waals surface area contributed by atoms with E-state index < -0.39 is 0 Å². The number of benzene rings is 6. The van der Waals surface area contributed by atoms with Crippen LogP contribution in [0.5, 0.6) is 23.0 Å². The van der Waals surface area contributed by atoms with Crippen molar-refractivity contribution in [1.29, 1.82) is 0 Å².